The molecule has 13 heteroatoms. The Morgan fingerprint density at radius 2 is 0.864 bits per heavy atom. The summed E-state index contributed by atoms with van der Waals surface area (Å²) in [5.41, 5.74) is 5.31. The van der Waals surface area contributed by atoms with E-state index in [1.807, 2.05) is 43.4 Å². The SMILES string of the molecule is CN(CCc1ccccc1)Cc1ccc(S(=O)(=O)NC(=O)c2ccccc2)cc1.CN(CCc1ccccc1)Cc1ccc(S(N)(=O)=O)cc1.O=C(O)c1ccccc1. The molecular formula is C46H50N4O7S2. The van der Waals surface area contributed by atoms with E-state index in [0.717, 1.165) is 43.6 Å². The van der Waals surface area contributed by atoms with Gasteiger partial charge >= 0.3 is 5.97 Å². The zero-order valence-corrected chi connectivity index (χ0v) is 34.7. The summed E-state index contributed by atoms with van der Waals surface area (Å²) >= 11 is 0. The summed E-state index contributed by atoms with van der Waals surface area (Å²) in [5.74, 6) is -1.52. The van der Waals surface area contributed by atoms with Crippen molar-refractivity contribution >= 4 is 31.9 Å². The Labute approximate surface area is 347 Å². The fraction of sp³-hybridized carbons (Fsp3) is 0.174. The number of carbonyl (C=O) groups excluding carboxylic acids is 1. The van der Waals surface area contributed by atoms with Gasteiger partial charge in [0.25, 0.3) is 15.9 Å². The summed E-state index contributed by atoms with van der Waals surface area (Å²) in [7, 11) is -3.43. The molecule has 6 rings (SSSR count). The standard InChI is InChI=1S/C23H24N2O3S.C16H20N2O2S.C7H6O2/c1-25(17-16-19-8-4-2-5-9-19)18-20-12-14-22(15-13-20)29(27,28)24-23(26)21-10-6-3-7-11-21;1-18(12-11-14-5-3-2-4-6-14)13-15-7-9-16(10-8-15)21(17,19)20;8-7(9)6-4-2-1-3-5-6/h2-15H,16-18H2,1H3,(H,24,26);2-10H,11-13H2,1H3,(H2,17,19,20);1-5H,(H,8,9). The van der Waals surface area contributed by atoms with Gasteiger partial charge in [-0.15, -0.1) is 0 Å². The largest absolute Gasteiger partial charge is 0.478 e. The number of carbonyl (C=O) groups is 2. The highest BCUT2D eigenvalue weighted by Gasteiger charge is 2.18. The van der Waals surface area contributed by atoms with E-state index in [-0.39, 0.29) is 9.79 Å². The first-order chi connectivity index (χ1) is 28.2. The Morgan fingerprint density at radius 1 is 0.508 bits per heavy atom. The summed E-state index contributed by atoms with van der Waals surface area (Å²) in [4.78, 5) is 27.0. The lowest BCUT2D eigenvalue weighted by atomic mass is 10.1. The normalized spacial score (nSPS) is 11.1. The van der Waals surface area contributed by atoms with E-state index in [0.29, 0.717) is 17.7 Å². The van der Waals surface area contributed by atoms with E-state index in [1.54, 1.807) is 97.1 Å². The molecule has 0 saturated carbocycles. The van der Waals surface area contributed by atoms with Crippen molar-refractivity contribution < 1.29 is 31.5 Å². The van der Waals surface area contributed by atoms with Crippen LogP contribution in [0.2, 0.25) is 0 Å². The molecule has 0 radical (unpaired) electrons. The molecule has 0 aliphatic rings. The molecule has 59 heavy (non-hydrogen) atoms. The van der Waals surface area contributed by atoms with Crippen molar-refractivity contribution in [1.82, 2.24) is 14.5 Å². The van der Waals surface area contributed by atoms with Gasteiger partial charge in [-0.25, -0.2) is 31.5 Å². The summed E-state index contributed by atoms with van der Waals surface area (Å²) in [6.45, 7) is 3.33. The van der Waals surface area contributed by atoms with Crippen molar-refractivity contribution in [3.8, 4) is 0 Å². The van der Waals surface area contributed by atoms with E-state index in [2.05, 4.69) is 45.8 Å². The van der Waals surface area contributed by atoms with Gasteiger partial charge in [0.05, 0.1) is 15.4 Å². The Bertz CT molecular complexity index is 2400. The third kappa shape index (κ3) is 16.4. The molecule has 0 heterocycles. The summed E-state index contributed by atoms with van der Waals surface area (Å²) in [6.07, 6.45) is 1.95. The Balaban J connectivity index is 0.000000222. The summed E-state index contributed by atoms with van der Waals surface area (Å²) < 4.78 is 49.4. The minimum absolute atomic E-state index is 0.0671. The average Bonchev–Trinajstić information content (AvgIpc) is 3.24. The molecule has 0 fully saturated rings. The van der Waals surface area contributed by atoms with E-state index in [9.17, 15) is 26.4 Å². The van der Waals surface area contributed by atoms with Crippen LogP contribution in [0.15, 0.2) is 180 Å². The summed E-state index contributed by atoms with van der Waals surface area (Å²) in [5, 5.41) is 13.5. The van der Waals surface area contributed by atoms with Crippen molar-refractivity contribution in [2.45, 2.75) is 35.7 Å². The van der Waals surface area contributed by atoms with Gasteiger partial charge in [-0.2, -0.15) is 0 Å². The van der Waals surface area contributed by atoms with Gasteiger partial charge in [-0.3, -0.25) is 4.79 Å². The lowest BCUT2D eigenvalue weighted by molar-refractivity contribution is 0.0696. The van der Waals surface area contributed by atoms with Crippen molar-refractivity contribution in [3.63, 3.8) is 0 Å². The molecule has 0 aliphatic heterocycles. The number of benzene rings is 6. The number of carboxylic acids is 1. The van der Waals surface area contributed by atoms with Crippen LogP contribution in [-0.2, 0) is 46.0 Å². The maximum atomic E-state index is 12.5. The van der Waals surface area contributed by atoms with E-state index < -0.39 is 31.9 Å². The van der Waals surface area contributed by atoms with Gasteiger partial charge in [0, 0.05) is 31.7 Å². The number of amides is 1. The first-order valence-electron chi connectivity index (χ1n) is 18.8. The van der Waals surface area contributed by atoms with Gasteiger partial charge in [-0.1, -0.05) is 121 Å². The maximum Gasteiger partial charge on any atom is 0.335 e. The number of primary sulfonamides is 1. The highest BCUT2D eigenvalue weighted by atomic mass is 32.2. The number of hydrogen-bond acceptors (Lipinski definition) is 8. The van der Waals surface area contributed by atoms with Crippen LogP contribution < -0.4 is 9.86 Å². The van der Waals surface area contributed by atoms with Crippen molar-refractivity contribution in [2.24, 2.45) is 5.14 Å². The van der Waals surface area contributed by atoms with Crippen molar-refractivity contribution in [2.75, 3.05) is 27.2 Å². The van der Waals surface area contributed by atoms with Crippen LogP contribution in [0.25, 0.3) is 0 Å². The molecule has 4 N–H and O–H groups in total. The topological polar surface area (TPSA) is 167 Å². The number of carboxylic acid groups (broad SMARTS) is 1. The molecule has 11 nitrogen and oxygen atoms in total. The van der Waals surface area contributed by atoms with Crippen LogP contribution in [0, 0.1) is 0 Å². The van der Waals surface area contributed by atoms with Crippen molar-refractivity contribution in [1.29, 1.82) is 0 Å². The molecule has 0 unspecified atom stereocenters. The summed E-state index contributed by atoms with van der Waals surface area (Å²) in [6, 6.07) is 50.5. The van der Waals surface area contributed by atoms with Gasteiger partial charge in [0.2, 0.25) is 10.0 Å². The van der Waals surface area contributed by atoms with Gasteiger partial charge in [-0.05, 0) is 97.7 Å². The molecule has 308 valence electrons. The van der Waals surface area contributed by atoms with Crippen LogP contribution in [-0.4, -0.2) is 70.8 Å². The first kappa shape index (κ1) is 45.7. The fourth-order valence-electron chi connectivity index (χ4n) is 5.68. The number of aromatic carboxylic acids is 1. The molecule has 0 aliphatic carbocycles. The third-order valence-corrected chi connectivity index (χ3v) is 11.2. The average molecular weight is 835 g/mol. The molecule has 0 saturated heterocycles. The maximum absolute atomic E-state index is 12.5. The predicted octanol–water partition coefficient (Wildman–Crippen LogP) is 6.87. The van der Waals surface area contributed by atoms with E-state index >= 15 is 0 Å². The molecule has 0 bridgehead atoms. The second-order valence-electron chi connectivity index (χ2n) is 13.8. The monoisotopic (exact) mass is 834 g/mol. The Hall–Kier alpha value is -5.96. The molecule has 0 atom stereocenters. The third-order valence-electron chi connectivity index (χ3n) is 8.92. The lowest BCUT2D eigenvalue weighted by Gasteiger charge is -2.17. The van der Waals surface area contributed by atoms with Crippen LogP contribution >= 0.6 is 0 Å². The number of rotatable bonds is 15. The number of nitrogens with one attached hydrogen (secondary N) is 1. The molecule has 0 aromatic heterocycles. The second kappa shape index (κ2) is 22.8. The zero-order valence-electron chi connectivity index (χ0n) is 33.1. The zero-order chi connectivity index (χ0) is 42.7. The quantitative estimate of drug-likeness (QED) is 0.100. The van der Waals surface area contributed by atoms with Crippen LogP contribution in [0.3, 0.4) is 0 Å². The number of nitrogens with two attached hydrogens (primary N) is 1. The Morgan fingerprint density at radius 3 is 1.22 bits per heavy atom. The van der Waals surface area contributed by atoms with E-state index in [1.165, 1.54) is 23.3 Å². The lowest BCUT2D eigenvalue weighted by Crippen LogP contribution is -2.30. The highest BCUT2D eigenvalue weighted by molar-refractivity contribution is 7.90. The van der Waals surface area contributed by atoms with Gasteiger partial charge in [0.1, 0.15) is 0 Å². The number of nitrogens with zero attached hydrogens (tertiary/aromatic N) is 2. The minimum Gasteiger partial charge on any atom is -0.478 e. The first-order valence-corrected chi connectivity index (χ1v) is 21.8. The number of likely N-dealkylation sites (N-methyl/N-ethyl adjacent to an activating group) is 2. The van der Waals surface area contributed by atoms with Gasteiger partial charge < -0.3 is 14.9 Å². The molecule has 6 aromatic carbocycles. The van der Waals surface area contributed by atoms with E-state index in [4.69, 9.17) is 10.2 Å². The Kier molecular flexibility index (Phi) is 17.7. The van der Waals surface area contributed by atoms with Gasteiger partial charge in [0.15, 0.2) is 0 Å². The predicted molar refractivity (Wildman–Crippen MR) is 232 cm³/mol. The fourth-order valence-corrected chi connectivity index (χ4v) is 7.17. The van der Waals surface area contributed by atoms with Crippen LogP contribution in [0.1, 0.15) is 43.0 Å². The number of sulfonamides is 2. The minimum atomic E-state index is -3.91. The van der Waals surface area contributed by atoms with Crippen molar-refractivity contribution in [3.05, 3.63) is 203 Å². The van der Waals surface area contributed by atoms with Crippen LogP contribution in [0.5, 0.6) is 0 Å². The number of hydrogen-bond donors (Lipinski definition) is 3. The molecule has 6 aromatic rings. The second-order valence-corrected chi connectivity index (χ2v) is 17.0. The van der Waals surface area contributed by atoms with Crippen LogP contribution in [0.4, 0.5) is 0 Å². The molecular weight excluding hydrogens is 785 g/mol. The smallest absolute Gasteiger partial charge is 0.335 e. The molecule has 1 amide bonds. The molecule has 0 spiro atoms. The highest BCUT2D eigenvalue weighted by Crippen LogP contribution is 2.14.